The standard InChI is InChI=1S/C20H13BrF3N3O3/c21-17-5-4-13(11-16(17)20(22,23)24)19(29)27-26-18(28)12-2-1-3-15(10-12)30-14-6-8-25-9-7-14/h1-11H,(H,26,28)(H,27,29). The van der Waals surface area contributed by atoms with Crippen LogP contribution >= 0.6 is 15.9 Å². The minimum absolute atomic E-state index is 0.175. The molecule has 0 unspecified atom stereocenters. The fourth-order valence-electron chi connectivity index (χ4n) is 2.38. The Labute approximate surface area is 177 Å². The van der Waals surface area contributed by atoms with E-state index in [2.05, 4.69) is 31.8 Å². The smallest absolute Gasteiger partial charge is 0.417 e. The summed E-state index contributed by atoms with van der Waals surface area (Å²) in [4.78, 5) is 28.3. The first-order valence-corrected chi connectivity index (χ1v) is 9.19. The predicted molar refractivity (Wildman–Crippen MR) is 105 cm³/mol. The summed E-state index contributed by atoms with van der Waals surface area (Å²) in [6.07, 6.45) is -1.53. The van der Waals surface area contributed by atoms with Crippen molar-refractivity contribution in [3.8, 4) is 11.5 Å². The second-order valence-corrected chi connectivity index (χ2v) is 6.77. The first-order chi connectivity index (χ1) is 14.2. The number of hydrazine groups is 1. The summed E-state index contributed by atoms with van der Waals surface area (Å²) < 4.78 is 44.3. The highest BCUT2D eigenvalue weighted by atomic mass is 79.9. The number of aromatic nitrogens is 1. The molecule has 1 aromatic heterocycles. The van der Waals surface area contributed by atoms with Gasteiger partial charge in [0.25, 0.3) is 11.8 Å². The number of rotatable bonds is 4. The number of hydrogen-bond donors (Lipinski definition) is 2. The highest BCUT2D eigenvalue weighted by molar-refractivity contribution is 9.10. The predicted octanol–water partition coefficient (Wildman–Crippen LogP) is 4.73. The number of alkyl halides is 3. The first-order valence-electron chi connectivity index (χ1n) is 8.39. The van der Waals surface area contributed by atoms with Crippen molar-refractivity contribution < 1.29 is 27.5 Å². The van der Waals surface area contributed by atoms with E-state index in [1.165, 1.54) is 18.2 Å². The van der Waals surface area contributed by atoms with Crippen LogP contribution in [0, 0.1) is 0 Å². The van der Waals surface area contributed by atoms with Gasteiger partial charge in [-0.15, -0.1) is 0 Å². The van der Waals surface area contributed by atoms with E-state index in [0.717, 1.165) is 6.07 Å². The van der Waals surface area contributed by atoms with Crippen molar-refractivity contribution in [3.05, 3.63) is 88.2 Å². The van der Waals surface area contributed by atoms with Crippen molar-refractivity contribution in [2.75, 3.05) is 0 Å². The summed E-state index contributed by atoms with van der Waals surface area (Å²) in [5.41, 5.74) is 3.17. The molecule has 154 valence electrons. The van der Waals surface area contributed by atoms with Crippen LogP contribution in [0.25, 0.3) is 0 Å². The van der Waals surface area contributed by atoms with Crippen molar-refractivity contribution >= 4 is 27.7 Å². The van der Waals surface area contributed by atoms with Crippen molar-refractivity contribution in [1.82, 2.24) is 15.8 Å². The number of halogens is 4. The van der Waals surface area contributed by atoms with E-state index in [0.29, 0.717) is 17.6 Å². The maximum Gasteiger partial charge on any atom is 0.417 e. The molecule has 10 heteroatoms. The number of pyridine rings is 1. The quantitative estimate of drug-likeness (QED) is 0.530. The molecule has 30 heavy (non-hydrogen) atoms. The molecule has 0 fully saturated rings. The molecule has 0 saturated heterocycles. The highest BCUT2D eigenvalue weighted by Gasteiger charge is 2.33. The minimum atomic E-state index is -4.63. The zero-order valence-electron chi connectivity index (χ0n) is 15.0. The van der Waals surface area contributed by atoms with Gasteiger partial charge in [0.2, 0.25) is 0 Å². The van der Waals surface area contributed by atoms with Crippen LogP contribution in [-0.4, -0.2) is 16.8 Å². The largest absolute Gasteiger partial charge is 0.457 e. The molecule has 0 aliphatic rings. The molecule has 1 heterocycles. The van der Waals surface area contributed by atoms with Crippen LogP contribution in [0.1, 0.15) is 26.3 Å². The van der Waals surface area contributed by atoms with Crippen LogP contribution in [0.3, 0.4) is 0 Å². The summed E-state index contributed by atoms with van der Waals surface area (Å²) in [6.45, 7) is 0. The number of benzene rings is 2. The van der Waals surface area contributed by atoms with Gasteiger partial charge in [-0.3, -0.25) is 25.4 Å². The van der Waals surface area contributed by atoms with Crippen molar-refractivity contribution in [2.24, 2.45) is 0 Å². The molecule has 2 amide bonds. The third-order valence-corrected chi connectivity index (χ3v) is 4.50. The highest BCUT2D eigenvalue weighted by Crippen LogP contribution is 2.35. The topological polar surface area (TPSA) is 80.3 Å². The molecule has 0 atom stereocenters. The van der Waals surface area contributed by atoms with Gasteiger partial charge in [-0.1, -0.05) is 22.0 Å². The van der Waals surface area contributed by atoms with Gasteiger partial charge in [-0.05, 0) is 48.5 Å². The number of ether oxygens (including phenoxy) is 1. The van der Waals surface area contributed by atoms with Gasteiger partial charge in [0.1, 0.15) is 11.5 Å². The van der Waals surface area contributed by atoms with Gasteiger partial charge < -0.3 is 4.74 Å². The Bertz CT molecular complexity index is 1080. The molecule has 0 spiro atoms. The van der Waals surface area contributed by atoms with E-state index in [-0.39, 0.29) is 15.6 Å². The Balaban J connectivity index is 1.66. The third kappa shape index (κ3) is 5.35. The van der Waals surface area contributed by atoms with Crippen LogP contribution in [0.4, 0.5) is 13.2 Å². The van der Waals surface area contributed by atoms with Gasteiger partial charge >= 0.3 is 6.18 Å². The number of amides is 2. The van der Waals surface area contributed by atoms with Crippen LogP contribution < -0.4 is 15.6 Å². The second kappa shape index (κ2) is 8.95. The molecule has 3 rings (SSSR count). The summed E-state index contributed by atoms with van der Waals surface area (Å²) in [5.74, 6) is -0.670. The van der Waals surface area contributed by atoms with Gasteiger partial charge in [0.15, 0.2) is 0 Å². The Morgan fingerprint density at radius 3 is 2.13 bits per heavy atom. The number of hydrogen-bond acceptors (Lipinski definition) is 4. The van der Waals surface area contributed by atoms with Gasteiger partial charge in [0.05, 0.1) is 5.56 Å². The molecule has 3 aromatic rings. The Morgan fingerprint density at radius 2 is 1.50 bits per heavy atom. The summed E-state index contributed by atoms with van der Waals surface area (Å²) in [7, 11) is 0. The molecule has 2 N–H and O–H groups in total. The Hall–Kier alpha value is -3.40. The molecule has 0 bridgehead atoms. The number of nitrogens with zero attached hydrogens (tertiary/aromatic N) is 1. The van der Waals surface area contributed by atoms with Gasteiger partial charge in [-0.2, -0.15) is 13.2 Å². The van der Waals surface area contributed by atoms with Crippen LogP contribution in [0.15, 0.2) is 71.5 Å². The normalized spacial score (nSPS) is 10.9. The SMILES string of the molecule is O=C(NNC(=O)c1ccc(Br)c(C(F)(F)F)c1)c1cccc(Oc2ccncc2)c1. The molecule has 6 nitrogen and oxygen atoms in total. The van der Waals surface area contributed by atoms with Crippen LogP contribution in [0.5, 0.6) is 11.5 Å². The lowest BCUT2D eigenvalue weighted by Gasteiger charge is -2.12. The Kier molecular flexibility index (Phi) is 6.36. The second-order valence-electron chi connectivity index (χ2n) is 5.91. The van der Waals surface area contributed by atoms with E-state index in [9.17, 15) is 22.8 Å². The van der Waals surface area contributed by atoms with E-state index in [1.54, 1.807) is 36.7 Å². The minimum Gasteiger partial charge on any atom is -0.457 e. The van der Waals surface area contributed by atoms with E-state index in [1.807, 2.05) is 0 Å². The molecule has 0 saturated carbocycles. The molecular formula is C20H13BrF3N3O3. The average Bonchev–Trinajstić information content (AvgIpc) is 2.72. The van der Waals surface area contributed by atoms with Crippen LogP contribution in [0.2, 0.25) is 0 Å². The fraction of sp³-hybridized carbons (Fsp3) is 0.0500. The van der Waals surface area contributed by atoms with Crippen molar-refractivity contribution in [1.29, 1.82) is 0 Å². The molecule has 0 radical (unpaired) electrons. The summed E-state index contributed by atoms with van der Waals surface area (Å²) in [6, 6.07) is 12.4. The van der Waals surface area contributed by atoms with E-state index in [4.69, 9.17) is 4.74 Å². The maximum absolute atomic E-state index is 13.0. The lowest BCUT2D eigenvalue weighted by molar-refractivity contribution is -0.138. The summed E-state index contributed by atoms with van der Waals surface area (Å²) in [5, 5.41) is 0. The lowest BCUT2D eigenvalue weighted by Crippen LogP contribution is -2.41. The summed E-state index contributed by atoms with van der Waals surface area (Å²) >= 11 is 2.80. The number of carbonyl (C=O) groups excluding carboxylic acids is 2. The zero-order valence-corrected chi connectivity index (χ0v) is 16.6. The molecule has 0 aliphatic carbocycles. The number of nitrogens with one attached hydrogen (secondary N) is 2. The molecular weight excluding hydrogens is 467 g/mol. The average molecular weight is 480 g/mol. The van der Waals surface area contributed by atoms with Crippen LogP contribution in [-0.2, 0) is 6.18 Å². The zero-order chi connectivity index (χ0) is 21.7. The first kappa shape index (κ1) is 21.3. The Morgan fingerprint density at radius 1 is 0.867 bits per heavy atom. The van der Waals surface area contributed by atoms with Gasteiger partial charge in [0, 0.05) is 28.0 Å². The van der Waals surface area contributed by atoms with Gasteiger partial charge in [-0.25, -0.2) is 0 Å². The monoisotopic (exact) mass is 479 g/mol. The van der Waals surface area contributed by atoms with Crippen molar-refractivity contribution in [3.63, 3.8) is 0 Å². The fourth-order valence-corrected chi connectivity index (χ4v) is 2.86. The lowest BCUT2D eigenvalue weighted by atomic mass is 10.1. The number of carbonyl (C=O) groups is 2. The van der Waals surface area contributed by atoms with E-state index < -0.39 is 23.6 Å². The maximum atomic E-state index is 13.0. The molecule has 2 aromatic carbocycles. The van der Waals surface area contributed by atoms with Crippen molar-refractivity contribution in [2.45, 2.75) is 6.18 Å². The van der Waals surface area contributed by atoms with E-state index >= 15 is 0 Å². The molecule has 0 aliphatic heterocycles. The third-order valence-electron chi connectivity index (χ3n) is 3.81.